The predicted molar refractivity (Wildman–Crippen MR) is 93.7 cm³/mol. The molecule has 3 fully saturated rings. The Labute approximate surface area is 149 Å². The van der Waals surface area contributed by atoms with Gasteiger partial charge < -0.3 is 19.6 Å². The molecule has 0 aromatic heterocycles. The number of rotatable bonds is 3. The molecular weight excluding hydrogens is 320 g/mol. The minimum atomic E-state index is 0.0549. The predicted octanol–water partition coefficient (Wildman–Crippen LogP) is -0.133. The number of piperazine rings is 2. The average molecular weight is 350 g/mol. The molecule has 3 amide bonds. The summed E-state index contributed by atoms with van der Waals surface area (Å²) in [6.45, 7) is 6.09. The lowest BCUT2D eigenvalue weighted by Crippen LogP contribution is -2.51. The first-order valence-corrected chi connectivity index (χ1v) is 9.54. The summed E-state index contributed by atoms with van der Waals surface area (Å²) in [5.74, 6) is 0.660. The highest BCUT2D eigenvalue weighted by atomic mass is 16.2. The molecule has 0 unspecified atom stereocenters. The highest BCUT2D eigenvalue weighted by molar-refractivity contribution is 5.81. The molecule has 0 N–H and O–H groups in total. The van der Waals surface area contributed by atoms with Crippen molar-refractivity contribution >= 4 is 18.2 Å². The maximum Gasteiger partial charge on any atom is 0.225 e. The van der Waals surface area contributed by atoms with Crippen LogP contribution < -0.4 is 0 Å². The van der Waals surface area contributed by atoms with Crippen molar-refractivity contribution in [2.75, 3.05) is 59.4 Å². The fourth-order valence-electron chi connectivity index (χ4n) is 4.18. The summed E-state index contributed by atoms with van der Waals surface area (Å²) < 4.78 is 0. The fraction of sp³-hybridized carbons (Fsp3) is 0.833. The van der Waals surface area contributed by atoms with E-state index in [0.29, 0.717) is 32.1 Å². The van der Waals surface area contributed by atoms with Crippen LogP contribution in [0.2, 0.25) is 0 Å². The summed E-state index contributed by atoms with van der Waals surface area (Å²) in [6.07, 6.45) is 4.15. The zero-order chi connectivity index (χ0) is 17.8. The number of carbonyl (C=O) groups excluding carboxylic acids is 3. The van der Waals surface area contributed by atoms with E-state index in [1.165, 1.54) is 0 Å². The van der Waals surface area contributed by atoms with Crippen molar-refractivity contribution < 1.29 is 14.4 Å². The Morgan fingerprint density at radius 1 is 0.720 bits per heavy atom. The van der Waals surface area contributed by atoms with Crippen LogP contribution in [0.25, 0.3) is 0 Å². The maximum absolute atomic E-state index is 12.7. The van der Waals surface area contributed by atoms with E-state index in [-0.39, 0.29) is 17.7 Å². The van der Waals surface area contributed by atoms with Crippen LogP contribution in [0.1, 0.15) is 25.7 Å². The van der Waals surface area contributed by atoms with Crippen molar-refractivity contribution in [3.8, 4) is 0 Å². The molecular formula is C18H30N4O3. The number of carbonyl (C=O) groups is 3. The van der Waals surface area contributed by atoms with Crippen molar-refractivity contribution in [3.63, 3.8) is 0 Å². The lowest BCUT2D eigenvalue weighted by atomic mass is 9.80. The van der Waals surface area contributed by atoms with E-state index in [0.717, 1.165) is 58.3 Å². The summed E-state index contributed by atoms with van der Waals surface area (Å²) in [7, 11) is 2.09. The van der Waals surface area contributed by atoms with E-state index in [1.807, 2.05) is 9.80 Å². The van der Waals surface area contributed by atoms with E-state index >= 15 is 0 Å². The van der Waals surface area contributed by atoms with Crippen molar-refractivity contribution in [1.82, 2.24) is 19.6 Å². The van der Waals surface area contributed by atoms with Crippen LogP contribution in [0.4, 0.5) is 0 Å². The molecule has 140 valence electrons. The number of nitrogens with zero attached hydrogens (tertiary/aromatic N) is 4. The first kappa shape index (κ1) is 18.2. The third-order valence-corrected chi connectivity index (χ3v) is 6.02. The number of amides is 3. The van der Waals surface area contributed by atoms with Gasteiger partial charge in [0.15, 0.2) is 0 Å². The summed E-state index contributed by atoms with van der Waals surface area (Å²) >= 11 is 0. The molecule has 2 aliphatic heterocycles. The van der Waals surface area contributed by atoms with E-state index in [2.05, 4.69) is 11.9 Å². The highest BCUT2D eigenvalue weighted by Crippen LogP contribution is 2.31. The van der Waals surface area contributed by atoms with Gasteiger partial charge in [0.1, 0.15) is 0 Å². The van der Waals surface area contributed by atoms with Crippen molar-refractivity contribution in [3.05, 3.63) is 0 Å². The molecule has 7 heteroatoms. The lowest BCUT2D eigenvalue weighted by Gasteiger charge is -2.38. The molecule has 3 rings (SSSR count). The largest absolute Gasteiger partial charge is 0.342 e. The second-order valence-electron chi connectivity index (χ2n) is 7.64. The minimum absolute atomic E-state index is 0.0549. The van der Waals surface area contributed by atoms with Gasteiger partial charge >= 0.3 is 0 Å². The van der Waals surface area contributed by atoms with Crippen LogP contribution in [0.15, 0.2) is 0 Å². The van der Waals surface area contributed by atoms with Gasteiger partial charge in [-0.3, -0.25) is 14.4 Å². The van der Waals surface area contributed by atoms with Crippen molar-refractivity contribution in [1.29, 1.82) is 0 Å². The topological polar surface area (TPSA) is 64.2 Å². The van der Waals surface area contributed by atoms with Crippen LogP contribution in [0.3, 0.4) is 0 Å². The van der Waals surface area contributed by atoms with Gasteiger partial charge in [0.05, 0.1) is 0 Å². The van der Waals surface area contributed by atoms with Gasteiger partial charge in [0.25, 0.3) is 0 Å². The molecule has 0 aromatic rings. The van der Waals surface area contributed by atoms with E-state index < -0.39 is 0 Å². The molecule has 0 bridgehead atoms. The van der Waals surface area contributed by atoms with Gasteiger partial charge in [-0.1, -0.05) is 0 Å². The van der Waals surface area contributed by atoms with E-state index in [4.69, 9.17) is 0 Å². The summed E-state index contributed by atoms with van der Waals surface area (Å²) in [5, 5.41) is 0. The molecule has 0 spiro atoms. The van der Waals surface area contributed by atoms with Gasteiger partial charge in [-0.15, -0.1) is 0 Å². The number of hydrogen-bond acceptors (Lipinski definition) is 4. The Morgan fingerprint density at radius 3 is 1.52 bits per heavy atom. The average Bonchev–Trinajstić information content (AvgIpc) is 2.67. The minimum Gasteiger partial charge on any atom is -0.342 e. The lowest BCUT2D eigenvalue weighted by molar-refractivity contribution is -0.143. The first-order chi connectivity index (χ1) is 12.1. The number of likely N-dealkylation sites (N-methyl/N-ethyl adjacent to an activating group) is 1. The zero-order valence-electron chi connectivity index (χ0n) is 15.2. The molecule has 1 saturated carbocycles. The molecule has 25 heavy (non-hydrogen) atoms. The van der Waals surface area contributed by atoms with E-state index in [1.54, 1.807) is 4.90 Å². The van der Waals surface area contributed by atoms with Crippen LogP contribution in [-0.4, -0.2) is 97.2 Å². The normalized spacial score (nSPS) is 28.8. The third-order valence-electron chi connectivity index (χ3n) is 6.02. The Balaban J connectivity index is 1.44. The highest BCUT2D eigenvalue weighted by Gasteiger charge is 2.35. The van der Waals surface area contributed by atoms with Crippen LogP contribution in [0, 0.1) is 11.8 Å². The molecule has 2 heterocycles. The smallest absolute Gasteiger partial charge is 0.225 e. The molecule has 2 saturated heterocycles. The van der Waals surface area contributed by atoms with E-state index in [9.17, 15) is 14.4 Å². The Kier molecular flexibility index (Phi) is 5.93. The molecule has 0 radical (unpaired) electrons. The molecule has 7 nitrogen and oxygen atoms in total. The first-order valence-electron chi connectivity index (χ1n) is 9.54. The molecule has 0 atom stereocenters. The van der Waals surface area contributed by atoms with Crippen molar-refractivity contribution in [2.24, 2.45) is 11.8 Å². The van der Waals surface area contributed by atoms with Gasteiger partial charge in [-0.05, 0) is 32.7 Å². The number of hydrogen-bond donors (Lipinski definition) is 0. The summed E-state index contributed by atoms with van der Waals surface area (Å²) in [6, 6.07) is 0. The van der Waals surface area contributed by atoms with Crippen LogP contribution in [-0.2, 0) is 14.4 Å². The zero-order valence-corrected chi connectivity index (χ0v) is 15.2. The molecule has 3 aliphatic rings. The Hall–Kier alpha value is -1.63. The molecule has 0 aromatic carbocycles. The standard InChI is InChI=1S/C18H30N4O3/c1-19-6-10-21(11-7-19)17(24)15-2-4-16(5-3-15)18(25)22-12-8-20(14-23)9-13-22/h14-16H,2-13H2,1H3. The van der Waals surface area contributed by atoms with Gasteiger partial charge in [0.2, 0.25) is 18.2 Å². The van der Waals surface area contributed by atoms with Gasteiger partial charge in [-0.2, -0.15) is 0 Å². The maximum atomic E-state index is 12.7. The quantitative estimate of drug-likeness (QED) is 0.665. The van der Waals surface area contributed by atoms with Crippen molar-refractivity contribution in [2.45, 2.75) is 25.7 Å². The van der Waals surface area contributed by atoms with Crippen LogP contribution in [0.5, 0.6) is 0 Å². The molecule has 1 aliphatic carbocycles. The second kappa shape index (κ2) is 8.17. The van der Waals surface area contributed by atoms with Gasteiger partial charge in [0, 0.05) is 64.2 Å². The SMILES string of the molecule is CN1CCN(C(=O)C2CCC(C(=O)N3CCN(C=O)CC3)CC2)CC1. The Morgan fingerprint density at radius 2 is 1.12 bits per heavy atom. The van der Waals surface area contributed by atoms with Crippen LogP contribution >= 0.6 is 0 Å². The summed E-state index contributed by atoms with van der Waals surface area (Å²) in [5.41, 5.74) is 0. The Bertz CT molecular complexity index is 489. The summed E-state index contributed by atoms with van der Waals surface area (Å²) in [4.78, 5) is 44.0. The third kappa shape index (κ3) is 4.32. The van der Waals surface area contributed by atoms with Gasteiger partial charge in [-0.25, -0.2) is 0 Å². The fourth-order valence-corrected chi connectivity index (χ4v) is 4.18. The monoisotopic (exact) mass is 350 g/mol. The second-order valence-corrected chi connectivity index (χ2v) is 7.64.